The molecule has 0 saturated heterocycles. The molecule has 0 unspecified atom stereocenters. The van der Waals surface area contributed by atoms with Crippen molar-refractivity contribution in [1.82, 2.24) is 9.55 Å². The Morgan fingerprint density at radius 2 is 1.90 bits per heavy atom. The fourth-order valence-electron chi connectivity index (χ4n) is 2.40. The molecule has 0 radical (unpaired) electrons. The van der Waals surface area contributed by atoms with Crippen LogP contribution in [0.4, 0.5) is 0 Å². The topological polar surface area (TPSA) is 38.0 Å². The zero-order chi connectivity index (χ0) is 13.8. The van der Waals surface area contributed by atoms with Crippen molar-refractivity contribution in [3.8, 4) is 5.82 Å². The summed E-state index contributed by atoms with van der Waals surface area (Å²) in [6.07, 6.45) is 6.32. The summed E-state index contributed by atoms with van der Waals surface area (Å²) in [5, 5.41) is 10.1. The van der Waals surface area contributed by atoms with Gasteiger partial charge in [-0.15, -0.1) is 0 Å². The van der Waals surface area contributed by atoms with Crippen LogP contribution in [0.5, 0.6) is 0 Å². The van der Waals surface area contributed by atoms with Crippen LogP contribution in [0.2, 0.25) is 0 Å². The van der Waals surface area contributed by atoms with Crippen molar-refractivity contribution >= 4 is 10.9 Å². The average molecular weight is 264 g/mol. The van der Waals surface area contributed by atoms with Crippen LogP contribution >= 0.6 is 0 Å². The third kappa shape index (κ3) is 2.36. The van der Waals surface area contributed by atoms with Crippen molar-refractivity contribution in [2.24, 2.45) is 0 Å². The first kappa shape index (κ1) is 12.6. The summed E-state index contributed by atoms with van der Waals surface area (Å²) in [6, 6.07) is 16.4. The van der Waals surface area contributed by atoms with E-state index < -0.39 is 0 Å². The van der Waals surface area contributed by atoms with E-state index in [0.717, 1.165) is 23.4 Å². The number of nitrogens with zero attached hydrogens (tertiary/aromatic N) is 2. The minimum Gasteiger partial charge on any atom is -0.392 e. The van der Waals surface area contributed by atoms with Crippen LogP contribution in [-0.4, -0.2) is 21.3 Å². The molecule has 0 aliphatic heterocycles. The number of fused-ring (bicyclic) bond motifs is 1. The number of aliphatic hydroxyl groups is 1. The molecule has 0 fully saturated rings. The third-order valence-electron chi connectivity index (χ3n) is 3.26. The van der Waals surface area contributed by atoms with Gasteiger partial charge >= 0.3 is 0 Å². The van der Waals surface area contributed by atoms with Crippen molar-refractivity contribution in [2.45, 2.75) is 6.42 Å². The molecule has 3 nitrogen and oxygen atoms in total. The van der Waals surface area contributed by atoms with Gasteiger partial charge in [0, 0.05) is 23.7 Å². The normalized spacial score (nSPS) is 11.4. The summed E-state index contributed by atoms with van der Waals surface area (Å²) in [7, 11) is 0. The number of hydrogen-bond acceptors (Lipinski definition) is 2. The van der Waals surface area contributed by atoms with Crippen LogP contribution in [0, 0.1) is 0 Å². The molecule has 0 spiro atoms. The second kappa shape index (κ2) is 5.72. The number of para-hydroxylation sites is 1. The molecule has 3 heteroatoms. The Morgan fingerprint density at radius 3 is 2.70 bits per heavy atom. The molecule has 2 heterocycles. The van der Waals surface area contributed by atoms with E-state index in [0.29, 0.717) is 0 Å². The minimum atomic E-state index is 0.0732. The Kier molecular flexibility index (Phi) is 3.61. The monoisotopic (exact) mass is 264 g/mol. The van der Waals surface area contributed by atoms with Gasteiger partial charge in [0.2, 0.25) is 0 Å². The quantitative estimate of drug-likeness (QED) is 0.735. The highest BCUT2D eigenvalue weighted by molar-refractivity contribution is 5.83. The number of aromatic nitrogens is 2. The highest BCUT2D eigenvalue weighted by Crippen LogP contribution is 2.23. The van der Waals surface area contributed by atoms with Crippen molar-refractivity contribution in [2.75, 3.05) is 6.61 Å². The summed E-state index contributed by atoms with van der Waals surface area (Å²) in [5.74, 6) is 0.918. The lowest BCUT2D eigenvalue weighted by atomic mass is 10.2. The van der Waals surface area contributed by atoms with Crippen molar-refractivity contribution in [1.29, 1.82) is 0 Å². The molecule has 3 rings (SSSR count). The lowest BCUT2D eigenvalue weighted by molar-refractivity contribution is 0.342. The first-order chi connectivity index (χ1) is 9.90. The van der Waals surface area contributed by atoms with Gasteiger partial charge in [-0.2, -0.15) is 0 Å². The number of hydrogen-bond donors (Lipinski definition) is 1. The molecule has 2 aromatic heterocycles. The van der Waals surface area contributed by atoms with Crippen LogP contribution in [0.15, 0.2) is 66.9 Å². The number of pyridine rings is 1. The van der Waals surface area contributed by atoms with E-state index in [1.165, 1.54) is 5.39 Å². The highest BCUT2D eigenvalue weighted by Gasteiger charge is 2.09. The fraction of sp³-hybridized carbons (Fsp3) is 0.118. The molecule has 20 heavy (non-hydrogen) atoms. The molecular weight excluding hydrogens is 248 g/mol. The van der Waals surface area contributed by atoms with Gasteiger partial charge in [-0.3, -0.25) is 4.57 Å². The molecule has 1 aromatic carbocycles. The van der Waals surface area contributed by atoms with E-state index in [4.69, 9.17) is 5.11 Å². The Labute approximate surface area is 117 Å². The molecule has 1 N–H and O–H groups in total. The molecular formula is C17H16N2O. The highest BCUT2D eigenvalue weighted by atomic mass is 16.2. The van der Waals surface area contributed by atoms with Gasteiger partial charge in [-0.05, 0) is 24.3 Å². The summed E-state index contributed by atoms with van der Waals surface area (Å²) >= 11 is 0. The number of allylic oxidation sites excluding steroid dienone is 1. The maximum absolute atomic E-state index is 8.86. The second-order valence-corrected chi connectivity index (χ2v) is 4.58. The van der Waals surface area contributed by atoms with Crippen LogP contribution in [0.25, 0.3) is 16.7 Å². The first-order valence-electron chi connectivity index (χ1n) is 6.67. The maximum Gasteiger partial charge on any atom is 0.137 e. The van der Waals surface area contributed by atoms with Gasteiger partial charge in [0.25, 0.3) is 0 Å². The molecule has 3 aromatic rings. The maximum atomic E-state index is 8.86. The smallest absolute Gasteiger partial charge is 0.137 e. The molecule has 0 amide bonds. The molecule has 0 aliphatic carbocycles. The van der Waals surface area contributed by atoms with Crippen LogP contribution in [-0.2, 0) is 6.42 Å². The Balaban J connectivity index is 2.16. The predicted octanol–water partition coefficient (Wildman–Crippen LogP) is 3.12. The average Bonchev–Trinajstić information content (AvgIpc) is 2.86. The zero-order valence-electron chi connectivity index (χ0n) is 11.1. The SMILES string of the molecule is OC/C=C/Cc1cc2ccccc2n1-c1ccccn1. The van der Waals surface area contributed by atoms with E-state index in [1.807, 2.05) is 36.4 Å². The van der Waals surface area contributed by atoms with Gasteiger partial charge in [-0.25, -0.2) is 4.98 Å². The zero-order valence-corrected chi connectivity index (χ0v) is 11.1. The first-order valence-corrected chi connectivity index (χ1v) is 6.67. The lowest BCUT2D eigenvalue weighted by Gasteiger charge is -2.08. The van der Waals surface area contributed by atoms with Crippen LogP contribution in [0.1, 0.15) is 5.69 Å². The summed E-state index contributed by atoms with van der Waals surface area (Å²) < 4.78 is 2.16. The van der Waals surface area contributed by atoms with E-state index in [-0.39, 0.29) is 6.61 Å². The van der Waals surface area contributed by atoms with E-state index in [1.54, 1.807) is 12.3 Å². The minimum absolute atomic E-state index is 0.0732. The number of aliphatic hydroxyl groups excluding tert-OH is 1. The number of rotatable bonds is 4. The Morgan fingerprint density at radius 1 is 1.05 bits per heavy atom. The third-order valence-corrected chi connectivity index (χ3v) is 3.26. The van der Waals surface area contributed by atoms with Crippen LogP contribution < -0.4 is 0 Å². The van der Waals surface area contributed by atoms with Crippen LogP contribution in [0.3, 0.4) is 0 Å². The molecule has 0 bridgehead atoms. The van der Waals surface area contributed by atoms with Gasteiger partial charge in [0.1, 0.15) is 5.82 Å². The summed E-state index contributed by atoms with van der Waals surface area (Å²) in [4.78, 5) is 4.45. The molecule has 100 valence electrons. The molecule has 0 atom stereocenters. The van der Waals surface area contributed by atoms with Gasteiger partial charge < -0.3 is 5.11 Å². The summed E-state index contributed by atoms with van der Waals surface area (Å²) in [5.41, 5.74) is 2.31. The van der Waals surface area contributed by atoms with E-state index in [9.17, 15) is 0 Å². The van der Waals surface area contributed by atoms with Gasteiger partial charge in [0.05, 0.1) is 12.1 Å². The number of benzene rings is 1. The molecule has 0 aliphatic rings. The Hall–Kier alpha value is -2.39. The fourth-order valence-corrected chi connectivity index (χ4v) is 2.40. The Bertz CT molecular complexity index is 729. The van der Waals surface area contributed by atoms with Gasteiger partial charge in [0.15, 0.2) is 0 Å². The van der Waals surface area contributed by atoms with E-state index in [2.05, 4.69) is 27.8 Å². The van der Waals surface area contributed by atoms with Crippen molar-refractivity contribution in [3.05, 3.63) is 72.6 Å². The standard InChI is InChI=1S/C17H16N2O/c20-12-6-4-8-15-13-14-7-1-2-9-16(14)19(15)17-10-3-5-11-18-17/h1-7,9-11,13,20H,8,12H2/b6-4+. The van der Waals surface area contributed by atoms with E-state index >= 15 is 0 Å². The lowest BCUT2D eigenvalue weighted by Crippen LogP contribution is -2.01. The van der Waals surface area contributed by atoms with Crippen molar-refractivity contribution < 1.29 is 5.11 Å². The largest absolute Gasteiger partial charge is 0.392 e. The molecule has 0 saturated carbocycles. The van der Waals surface area contributed by atoms with Gasteiger partial charge in [-0.1, -0.05) is 36.4 Å². The van der Waals surface area contributed by atoms with Crippen molar-refractivity contribution in [3.63, 3.8) is 0 Å². The summed E-state index contributed by atoms with van der Waals surface area (Å²) in [6.45, 7) is 0.0732. The predicted molar refractivity (Wildman–Crippen MR) is 81.0 cm³/mol. The second-order valence-electron chi connectivity index (χ2n) is 4.58.